The number of carbonyl (C=O) groups excluding carboxylic acids is 1. The molecule has 10 heteroatoms. The van der Waals surface area contributed by atoms with E-state index in [2.05, 4.69) is 20.4 Å². The van der Waals surface area contributed by atoms with Crippen molar-refractivity contribution in [1.82, 2.24) is 19.7 Å². The van der Waals surface area contributed by atoms with Gasteiger partial charge in [0, 0.05) is 6.20 Å². The summed E-state index contributed by atoms with van der Waals surface area (Å²) in [5.41, 5.74) is 5.93. The van der Waals surface area contributed by atoms with Crippen molar-refractivity contribution in [3.63, 3.8) is 0 Å². The lowest BCUT2D eigenvalue weighted by atomic mass is 10.1. The Kier molecular flexibility index (Phi) is 5.04. The number of anilines is 2. The summed E-state index contributed by atoms with van der Waals surface area (Å²) in [4.78, 5) is 20.4. The number of aromatic nitrogens is 4. The molecule has 0 saturated carbocycles. The van der Waals surface area contributed by atoms with E-state index in [1.807, 2.05) is 13.8 Å². The number of nitrogen functional groups attached to an aromatic ring is 1. The molecule has 3 aromatic heterocycles. The van der Waals surface area contributed by atoms with Gasteiger partial charge in [-0.25, -0.2) is 14.6 Å². The third-order valence-corrected chi connectivity index (χ3v) is 3.93. The number of hydrogen-bond acceptors (Lipinski definition) is 5. The second-order valence-corrected chi connectivity index (χ2v) is 6.34. The summed E-state index contributed by atoms with van der Waals surface area (Å²) in [6.45, 7) is 3.69. The lowest BCUT2D eigenvalue weighted by Crippen LogP contribution is -2.16. The highest BCUT2D eigenvalue weighted by Crippen LogP contribution is 2.29. The van der Waals surface area contributed by atoms with Gasteiger partial charge in [0.2, 0.25) is 0 Å². The maximum atomic E-state index is 12.7. The Morgan fingerprint density at radius 3 is 2.39 bits per heavy atom. The van der Waals surface area contributed by atoms with E-state index in [1.165, 1.54) is 23.1 Å². The molecule has 0 aromatic carbocycles. The van der Waals surface area contributed by atoms with Crippen LogP contribution in [0, 0.1) is 0 Å². The third-order valence-electron chi connectivity index (χ3n) is 3.93. The average Bonchev–Trinajstić information content (AvgIpc) is 3.08. The van der Waals surface area contributed by atoms with E-state index in [9.17, 15) is 18.0 Å². The van der Waals surface area contributed by atoms with E-state index < -0.39 is 17.6 Å². The van der Waals surface area contributed by atoms with Gasteiger partial charge in [0.15, 0.2) is 5.82 Å². The Morgan fingerprint density at radius 2 is 1.86 bits per heavy atom. The smallest absolute Gasteiger partial charge is 0.384 e. The number of amides is 1. The monoisotopic (exact) mass is 390 g/mol. The molecule has 0 saturated heterocycles. The van der Waals surface area contributed by atoms with Crippen LogP contribution in [0.3, 0.4) is 0 Å². The lowest BCUT2D eigenvalue weighted by Gasteiger charge is -2.13. The van der Waals surface area contributed by atoms with Gasteiger partial charge in [-0.3, -0.25) is 4.79 Å². The van der Waals surface area contributed by atoms with Gasteiger partial charge >= 0.3 is 6.18 Å². The molecule has 0 atom stereocenters. The predicted molar refractivity (Wildman–Crippen MR) is 97.1 cm³/mol. The zero-order valence-corrected chi connectivity index (χ0v) is 15.0. The fourth-order valence-corrected chi connectivity index (χ4v) is 2.63. The summed E-state index contributed by atoms with van der Waals surface area (Å²) >= 11 is 0. The van der Waals surface area contributed by atoms with E-state index in [0.29, 0.717) is 17.2 Å². The zero-order chi connectivity index (χ0) is 20.5. The topological polar surface area (TPSA) is 98.7 Å². The molecule has 0 aliphatic heterocycles. The predicted octanol–water partition coefficient (Wildman–Crippen LogP) is 3.64. The molecule has 28 heavy (non-hydrogen) atoms. The lowest BCUT2D eigenvalue weighted by molar-refractivity contribution is -0.137. The number of rotatable bonds is 4. The fraction of sp³-hybridized carbons (Fsp3) is 0.222. The van der Waals surface area contributed by atoms with Crippen LogP contribution >= 0.6 is 0 Å². The zero-order valence-electron chi connectivity index (χ0n) is 15.0. The van der Waals surface area contributed by atoms with Crippen LogP contribution in [0.1, 0.15) is 41.4 Å². The highest BCUT2D eigenvalue weighted by Gasteiger charge is 2.31. The number of nitrogens with two attached hydrogens (primary N) is 1. The summed E-state index contributed by atoms with van der Waals surface area (Å²) in [5, 5.41) is 6.85. The van der Waals surface area contributed by atoms with Crippen LogP contribution in [0.25, 0.3) is 5.82 Å². The fourth-order valence-electron chi connectivity index (χ4n) is 2.63. The highest BCUT2D eigenvalue weighted by molar-refractivity contribution is 6.05. The Labute approximate surface area is 158 Å². The molecule has 3 aromatic rings. The van der Waals surface area contributed by atoms with Crippen molar-refractivity contribution in [1.29, 1.82) is 0 Å². The van der Waals surface area contributed by atoms with Crippen LogP contribution in [0.5, 0.6) is 0 Å². The summed E-state index contributed by atoms with van der Waals surface area (Å²) in [7, 11) is 0. The van der Waals surface area contributed by atoms with Gasteiger partial charge in [-0.05, 0) is 30.2 Å². The van der Waals surface area contributed by atoms with Gasteiger partial charge in [0.25, 0.3) is 5.91 Å². The SMILES string of the molecule is CC(C)c1c(C(=O)Nc2ccc(N)nc2)cnn1-c1ccc(C(F)(F)F)cn1. The third kappa shape index (κ3) is 3.95. The van der Waals surface area contributed by atoms with Crippen molar-refractivity contribution in [2.45, 2.75) is 25.9 Å². The van der Waals surface area contributed by atoms with E-state index in [4.69, 9.17) is 5.73 Å². The molecular weight excluding hydrogens is 373 g/mol. The van der Waals surface area contributed by atoms with Crippen molar-refractivity contribution in [3.05, 3.63) is 59.7 Å². The maximum Gasteiger partial charge on any atom is 0.417 e. The first-order valence-electron chi connectivity index (χ1n) is 8.31. The Hall–Kier alpha value is -3.43. The second kappa shape index (κ2) is 7.29. The summed E-state index contributed by atoms with van der Waals surface area (Å²) in [6, 6.07) is 5.30. The summed E-state index contributed by atoms with van der Waals surface area (Å²) in [6.07, 6.45) is -0.964. The largest absolute Gasteiger partial charge is 0.417 e. The number of pyridine rings is 2. The van der Waals surface area contributed by atoms with Gasteiger partial charge in [-0.1, -0.05) is 13.8 Å². The first kappa shape index (κ1) is 19.3. The molecule has 0 radical (unpaired) electrons. The quantitative estimate of drug-likeness (QED) is 0.709. The number of hydrogen-bond donors (Lipinski definition) is 2. The minimum absolute atomic E-state index is 0.142. The van der Waals surface area contributed by atoms with Gasteiger partial charge in [0.05, 0.1) is 34.9 Å². The summed E-state index contributed by atoms with van der Waals surface area (Å²) in [5.74, 6) is -0.0581. The van der Waals surface area contributed by atoms with E-state index in [0.717, 1.165) is 12.3 Å². The van der Waals surface area contributed by atoms with E-state index >= 15 is 0 Å². The molecule has 3 heterocycles. The molecule has 3 rings (SSSR count). The first-order chi connectivity index (χ1) is 13.2. The van der Waals surface area contributed by atoms with Crippen LogP contribution in [-0.4, -0.2) is 25.7 Å². The van der Waals surface area contributed by atoms with Gasteiger partial charge in [-0.15, -0.1) is 0 Å². The first-order valence-corrected chi connectivity index (χ1v) is 8.31. The standard InChI is InChI=1S/C18H17F3N6O/c1-10(2)16-13(17(28)26-12-4-5-14(22)23-8-12)9-25-27(16)15-6-3-11(7-24-15)18(19,20)21/h3-10H,1-2H3,(H2,22,23)(H,26,28). The maximum absolute atomic E-state index is 12.7. The van der Waals surface area contributed by atoms with Crippen molar-refractivity contribution < 1.29 is 18.0 Å². The highest BCUT2D eigenvalue weighted by atomic mass is 19.4. The van der Waals surface area contributed by atoms with E-state index in [1.54, 1.807) is 12.1 Å². The normalized spacial score (nSPS) is 11.6. The Bertz CT molecular complexity index is 978. The van der Waals surface area contributed by atoms with Crippen molar-refractivity contribution in [2.75, 3.05) is 11.1 Å². The molecule has 0 spiro atoms. The van der Waals surface area contributed by atoms with Crippen LogP contribution in [0.15, 0.2) is 42.9 Å². The van der Waals surface area contributed by atoms with Gasteiger partial charge < -0.3 is 11.1 Å². The summed E-state index contributed by atoms with van der Waals surface area (Å²) < 4.78 is 39.6. The number of carbonyl (C=O) groups is 1. The number of nitrogens with one attached hydrogen (secondary N) is 1. The molecule has 3 N–H and O–H groups in total. The van der Waals surface area contributed by atoms with Gasteiger partial charge in [-0.2, -0.15) is 18.3 Å². The van der Waals surface area contributed by atoms with Crippen LogP contribution in [0.2, 0.25) is 0 Å². The van der Waals surface area contributed by atoms with Crippen molar-refractivity contribution in [3.8, 4) is 5.82 Å². The van der Waals surface area contributed by atoms with Crippen molar-refractivity contribution >= 4 is 17.4 Å². The van der Waals surface area contributed by atoms with Crippen LogP contribution < -0.4 is 11.1 Å². The number of alkyl halides is 3. The van der Waals surface area contributed by atoms with Crippen molar-refractivity contribution in [2.24, 2.45) is 0 Å². The second-order valence-electron chi connectivity index (χ2n) is 6.34. The molecule has 0 fully saturated rings. The minimum atomic E-state index is -4.48. The molecule has 146 valence electrons. The molecule has 0 unspecified atom stereocenters. The number of nitrogens with zero attached hydrogens (tertiary/aromatic N) is 4. The van der Waals surface area contributed by atoms with E-state index in [-0.39, 0.29) is 17.3 Å². The molecule has 7 nitrogen and oxygen atoms in total. The molecule has 1 amide bonds. The van der Waals surface area contributed by atoms with Gasteiger partial charge in [0.1, 0.15) is 5.82 Å². The molecule has 0 aliphatic rings. The Morgan fingerprint density at radius 1 is 1.11 bits per heavy atom. The molecule has 0 aliphatic carbocycles. The number of halogens is 3. The van der Waals surface area contributed by atoms with Crippen LogP contribution in [0.4, 0.5) is 24.7 Å². The molecular formula is C18H17F3N6O. The Balaban J connectivity index is 1.93. The minimum Gasteiger partial charge on any atom is -0.384 e. The molecule has 0 bridgehead atoms. The average molecular weight is 390 g/mol. The van der Waals surface area contributed by atoms with Crippen LogP contribution in [-0.2, 0) is 6.18 Å².